The van der Waals surface area contributed by atoms with Crippen LogP contribution in [0.1, 0.15) is 24.0 Å². The SMILES string of the molecule is NC(=O)Oc1ccc(Nc2ccc3c(c2[N+](=O)[O-])CCCC3)cc1. The molecule has 1 aliphatic rings. The van der Waals surface area contributed by atoms with Gasteiger partial charge in [-0.15, -0.1) is 0 Å². The predicted octanol–water partition coefficient (Wildman–Crippen LogP) is 3.67. The molecule has 24 heavy (non-hydrogen) atoms. The van der Waals surface area contributed by atoms with Gasteiger partial charge in [0, 0.05) is 11.3 Å². The number of amides is 1. The Hall–Kier alpha value is -3.09. The largest absolute Gasteiger partial charge is 0.411 e. The Morgan fingerprint density at radius 2 is 1.83 bits per heavy atom. The third kappa shape index (κ3) is 3.29. The highest BCUT2D eigenvalue weighted by Crippen LogP contribution is 2.37. The van der Waals surface area contributed by atoms with Crippen LogP contribution in [0.25, 0.3) is 0 Å². The molecule has 0 saturated carbocycles. The molecule has 0 bridgehead atoms. The van der Waals surface area contributed by atoms with E-state index in [9.17, 15) is 14.9 Å². The second-order valence-electron chi connectivity index (χ2n) is 5.63. The number of fused-ring (bicyclic) bond motifs is 1. The Labute approximate surface area is 138 Å². The third-order valence-corrected chi connectivity index (χ3v) is 4.04. The number of nitrogens with two attached hydrogens (primary N) is 1. The Bertz CT molecular complexity index is 787. The number of carbonyl (C=O) groups excluding carboxylic acids is 1. The summed E-state index contributed by atoms with van der Waals surface area (Å²) < 4.78 is 4.76. The number of nitro groups is 1. The maximum Gasteiger partial charge on any atom is 0.409 e. The van der Waals surface area contributed by atoms with Gasteiger partial charge in [-0.3, -0.25) is 10.1 Å². The first-order valence-electron chi connectivity index (χ1n) is 7.68. The Kier molecular flexibility index (Phi) is 4.33. The van der Waals surface area contributed by atoms with Gasteiger partial charge in [-0.1, -0.05) is 6.07 Å². The molecular formula is C17H17N3O4. The zero-order valence-corrected chi connectivity index (χ0v) is 13.0. The molecule has 1 amide bonds. The lowest BCUT2D eigenvalue weighted by Gasteiger charge is -2.18. The van der Waals surface area contributed by atoms with Crippen molar-refractivity contribution in [2.75, 3.05) is 5.32 Å². The van der Waals surface area contributed by atoms with Gasteiger partial charge in [0.25, 0.3) is 5.69 Å². The van der Waals surface area contributed by atoms with Crippen molar-refractivity contribution in [2.45, 2.75) is 25.7 Å². The summed E-state index contributed by atoms with van der Waals surface area (Å²) in [7, 11) is 0. The topological polar surface area (TPSA) is 107 Å². The monoisotopic (exact) mass is 327 g/mol. The smallest absolute Gasteiger partial charge is 0.409 e. The molecule has 0 heterocycles. The zero-order valence-electron chi connectivity index (χ0n) is 13.0. The molecule has 2 aromatic rings. The van der Waals surface area contributed by atoms with Crippen LogP contribution < -0.4 is 15.8 Å². The van der Waals surface area contributed by atoms with Crippen LogP contribution in [0, 0.1) is 10.1 Å². The van der Waals surface area contributed by atoms with E-state index >= 15 is 0 Å². The molecule has 3 rings (SSSR count). The number of aryl methyl sites for hydroxylation is 1. The van der Waals surface area contributed by atoms with Crippen molar-refractivity contribution in [2.24, 2.45) is 5.73 Å². The lowest BCUT2D eigenvalue weighted by molar-refractivity contribution is -0.384. The summed E-state index contributed by atoms with van der Waals surface area (Å²) in [6.07, 6.45) is 2.76. The van der Waals surface area contributed by atoms with Crippen molar-refractivity contribution in [3.63, 3.8) is 0 Å². The Morgan fingerprint density at radius 1 is 1.12 bits per heavy atom. The lowest BCUT2D eigenvalue weighted by Crippen LogP contribution is -2.16. The number of anilines is 2. The minimum absolute atomic E-state index is 0.143. The second-order valence-corrected chi connectivity index (χ2v) is 5.63. The Morgan fingerprint density at radius 3 is 2.50 bits per heavy atom. The number of primary amides is 1. The van der Waals surface area contributed by atoms with Crippen LogP contribution in [0.3, 0.4) is 0 Å². The van der Waals surface area contributed by atoms with Crippen LogP contribution in [-0.4, -0.2) is 11.0 Å². The fraction of sp³-hybridized carbons (Fsp3) is 0.235. The molecule has 7 nitrogen and oxygen atoms in total. The number of ether oxygens (including phenoxy) is 1. The maximum absolute atomic E-state index is 11.6. The minimum Gasteiger partial charge on any atom is -0.411 e. The van der Waals surface area contributed by atoms with Gasteiger partial charge in [0.1, 0.15) is 11.4 Å². The van der Waals surface area contributed by atoms with Crippen LogP contribution >= 0.6 is 0 Å². The highest BCUT2D eigenvalue weighted by Gasteiger charge is 2.24. The number of hydrogen-bond donors (Lipinski definition) is 2. The van der Waals surface area contributed by atoms with E-state index in [1.165, 1.54) is 0 Å². The molecular weight excluding hydrogens is 310 g/mol. The van der Waals surface area contributed by atoms with Crippen molar-refractivity contribution in [1.29, 1.82) is 0 Å². The van der Waals surface area contributed by atoms with Crippen molar-refractivity contribution in [3.8, 4) is 5.75 Å². The first-order valence-corrected chi connectivity index (χ1v) is 7.68. The third-order valence-electron chi connectivity index (χ3n) is 4.04. The van der Waals surface area contributed by atoms with Gasteiger partial charge < -0.3 is 15.8 Å². The van der Waals surface area contributed by atoms with Crippen LogP contribution in [0.4, 0.5) is 21.9 Å². The van der Waals surface area contributed by atoms with Crippen LogP contribution in [-0.2, 0) is 12.8 Å². The lowest BCUT2D eigenvalue weighted by atomic mass is 9.90. The van der Waals surface area contributed by atoms with Crippen molar-refractivity contribution >= 4 is 23.2 Å². The normalized spacial score (nSPS) is 13.0. The molecule has 2 aromatic carbocycles. The molecule has 0 atom stereocenters. The van der Waals surface area contributed by atoms with Crippen LogP contribution in [0.2, 0.25) is 0 Å². The van der Waals surface area contributed by atoms with Crippen LogP contribution in [0.5, 0.6) is 5.75 Å². The van der Waals surface area contributed by atoms with E-state index in [4.69, 9.17) is 10.5 Å². The number of nitrogens with zero attached hydrogens (tertiary/aromatic N) is 1. The second kappa shape index (κ2) is 6.57. The molecule has 1 aliphatic carbocycles. The molecule has 0 aromatic heterocycles. The van der Waals surface area contributed by atoms with E-state index in [0.29, 0.717) is 17.1 Å². The van der Waals surface area contributed by atoms with Crippen molar-refractivity contribution < 1.29 is 14.5 Å². The molecule has 0 aliphatic heterocycles. The highest BCUT2D eigenvalue weighted by atomic mass is 16.6. The molecule has 3 N–H and O–H groups in total. The predicted molar refractivity (Wildman–Crippen MR) is 89.7 cm³/mol. The van der Waals surface area contributed by atoms with Gasteiger partial charge in [-0.2, -0.15) is 0 Å². The fourth-order valence-electron chi connectivity index (χ4n) is 3.00. The summed E-state index contributed by atoms with van der Waals surface area (Å²) in [6.45, 7) is 0. The molecule has 0 spiro atoms. The molecule has 0 radical (unpaired) electrons. The summed E-state index contributed by atoms with van der Waals surface area (Å²) in [5.41, 5.74) is 8.10. The number of benzene rings is 2. The van der Waals surface area contributed by atoms with Crippen molar-refractivity contribution in [1.82, 2.24) is 0 Å². The van der Waals surface area contributed by atoms with E-state index in [-0.39, 0.29) is 10.6 Å². The molecule has 124 valence electrons. The zero-order chi connectivity index (χ0) is 17.1. The number of hydrogen-bond acceptors (Lipinski definition) is 5. The number of nitro benzene ring substituents is 1. The highest BCUT2D eigenvalue weighted by molar-refractivity contribution is 5.74. The Balaban J connectivity index is 1.89. The number of carbonyl (C=O) groups is 1. The van der Waals surface area contributed by atoms with Gasteiger partial charge in [-0.25, -0.2) is 4.79 Å². The molecule has 0 unspecified atom stereocenters. The summed E-state index contributed by atoms with van der Waals surface area (Å²) in [4.78, 5) is 21.9. The van der Waals surface area contributed by atoms with Gasteiger partial charge >= 0.3 is 6.09 Å². The summed E-state index contributed by atoms with van der Waals surface area (Å²) in [5, 5.41) is 14.6. The number of rotatable bonds is 4. The summed E-state index contributed by atoms with van der Waals surface area (Å²) in [6, 6.07) is 10.2. The quantitative estimate of drug-likeness (QED) is 0.658. The standard InChI is InChI=1S/C17H17N3O4/c18-17(21)24-13-8-6-12(7-9-13)19-15-10-5-11-3-1-2-4-14(11)16(15)20(22)23/h5-10,19H,1-4H2,(H2,18,21). The van der Waals surface area contributed by atoms with E-state index in [2.05, 4.69) is 5.32 Å². The molecule has 7 heteroatoms. The molecule has 0 saturated heterocycles. The minimum atomic E-state index is -0.888. The van der Waals surface area contributed by atoms with Gasteiger partial charge in [0.05, 0.1) is 4.92 Å². The average molecular weight is 327 g/mol. The van der Waals surface area contributed by atoms with E-state index in [0.717, 1.165) is 36.8 Å². The van der Waals surface area contributed by atoms with Crippen LogP contribution in [0.15, 0.2) is 36.4 Å². The summed E-state index contributed by atoms with van der Waals surface area (Å²) >= 11 is 0. The van der Waals surface area contributed by atoms with Gasteiger partial charge in [-0.05, 0) is 61.6 Å². The fourth-order valence-corrected chi connectivity index (χ4v) is 3.00. The van der Waals surface area contributed by atoms with E-state index in [1.807, 2.05) is 6.07 Å². The molecule has 0 fully saturated rings. The first-order chi connectivity index (χ1) is 11.5. The van der Waals surface area contributed by atoms with E-state index < -0.39 is 6.09 Å². The summed E-state index contributed by atoms with van der Waals surface area (Å²) in [5.74, 6) is 0.313. The average Bonchev–Trinajstić information content (AvgIpc) is 2.55. The van der Waals surface area contributed by atoms with Gasteiger partial charge in [0.2, 0.25) is 0 Å². The van der Waals surface area contributed by atoms with Crippen molar-refractivity contribution in [3.05, 3.63) is 57.6 Å². The first kappa shape index (κ1) is 15.8. The van der Waals surface area contributed by atoms with E-state index in [1.54, 1.807) is 30.3 Å². The maximum atomic E-state index is 11.6. The number of nitrogens with one attached hydrogen (secondary N) is 1. The van der Waals surface area contributed by atoms with Gasteiger partial charge in [0.15, 0.2) is 0 Å².